The Morgan fingerprint density at radius 1 is 1.03 bits per heavy atom. The molecule has 3 aromatic carbocycles. The van der Waals surface area contributed by atoms with E-state index >= 15 is 0 Å². The van der Waals surface area contributed by atoms with Crippen molar-refractivity contribution in [3.05, 3.63) is 100 Å². The Hall–Kier alpha value is -4.41. The Kier molecular flexibility index (Phi) is 6.28. The van der Waals surface area contributed by atoms with E-state index in [4.69, 9.17) is 11.6 Å². The highest BCUT2D eigenvalue weighted by molar-refractivity contribution is 6.34. The lowest BCUT2D eigenvalue weighted by atomic mass is 9.94. The highest BCUT2D eigenvalue weighted by Crippen LogP contribution is 2.31. The van der Waals surface area contributed by atoms with Crippen molar-refractivity contribution < 1.29 is 9.59 Å². The van der Waals surface area contributed by atoms with E-state index in [-0.39, 0.29) is 28.2 Å². The van der Waals surface area contributed by atoms with Gasteiger partial charge in [-0.05, 0) is 61.2 Å². The van der Waals surface area contributed by atoms with Gasteiger partial charge in [-0.1, -0.05) is 48.0 Å². The quantitative estimate of drug-likeness (QED) is 0.368. The number of carbonyl (C=O) groups excluding carboxylic acids is 2. The summed E-state index contributed by atoms with van der Waals surface area (Å²) < 4.78 is 1.52. The van der Waals surface area contributed by atoms with Crippen LogP contribution in [0.25, 0.3) is 16.8 Å². The molecule has 1 aromatic heterocycles. The molecule has 0 spiro atoms. The maximum absolute atomic E-state index is 13.4. The Morgan fingerprint density at radius 3 is 2.53 bits per heavy atom. The highest BCUT2D eigenvalue weighted by Gasteiger charge is 2.26. The summed E-state index contributed by atoms with van der Waals surface area (Å²) in [4.78, 5) is 26.1. The second-order valence-electron chi connectivity index (χ2n) is 8.67. The van der Waals surface area contributed by atoms with Gasteiger partial charge in [0.1, 0.15) is 5.82 Å². The summed E-state index contributed by atoms with van der Waals surface area (Å²) >= 11 is 6.42. The summed E-state index contributed by atoms with van der Waals surface area (Å²) in [6.45, 7) is 1.91. The predicted octanol–water partition coefficient (Wildman–Crippen LogP) is 5.52. The van der Waals surface area contributed by atoms with Crippen LogP contribution < -0.4 is 10.6 Å². The Bertz CT molecular complexity index is 1520. The van der Waals surface area contributed by atoms with Gasteiger partial charge >= 0.3 is 0 Å². The fraction of sp³-hybridized carbons (Fsp3) is 0.143. The zero-order valence-corrected chi connectivity index (χ0v) is 20.2. The Labute approximate surface area is 213 Å². The fourth-order valence-electron chi connectivity index (χ4n) is 4.02. The summed E-state index contributed by atoms with van der Waals surface area (Å²) in [6, 6.07) is 23.8. The van der Waals surface area contributed by atoms with Gasteiger partial charge in [0.05, 0.1) is 27.9 Å². The van der Waals surface area contributed by atoms with Crippen LogP contribution in [0.15, 0.2) is 72.8 Å². The van der Waals surface area contributed by atoms with Crippen molar-refractivity contribution in [1.82, 2.24) is 15.1 Å². The number of aromatic nitrogens is 2. The molecular formula is C28H22ClN5O2. The fourth-order valence-corrected chi connectivity index (χ4v) is 4.22. The van der Waals surface area contributed by atoms with Gasteiger partial charge in [0.2, 0.25) is 0 Å². The number of nitrogens with zero attached hydrogens (tertiary/aromatic N) is 3. The summed E-state index contributed by atoms with van der Waals surface area (Å²) in [5.74, 6) is -0.409. The largest absolute Gasteiger partial charge is 0.348 e. The van der Waals surface area contributed by atoms with Crippen LogP contribution in [0, 0.1) is 18.3 Å². The van der Waals surface area contributed by atoms with Gasteiger partial charge in [-0.15, -0.1) is 0 Å². The van der Waals surface area contributed by atoms with Crippen LogP contribution in [0.4, 0.5) is 5.82 Å². The molecule has 0 bridgehead atoms. The molecule has 2 N–H and O–H groups in total. The lowest BCUT2D eigenvalue weighted by molar-refractivity contribution is 0.0944. The molecule has 1 heterocycles. The molecule has 7 nitrogen and oxygen atoms in total. The number of benzene rings is 3. The molecule has 0 saturated heterocycles. The minimum absolute atomic E-state index is 0.179. The summed E-state index contributed by atoms with van der Waals surface area (Å²) in [7, 11) is 0. The van der Waals surface area contributed by atoms with Gasteiger partial charge in [-0.25, -0.2) is 4.68 Å². The molecule has 1 fully saturated rings. The number of hydrogen-bond donors (Lipinski definition) is 2. The van der Waals surface area contributed by atoms with Crippen molar-refractivity contribution in [3.8, 4) is 22.9 Å². The van der Waals surface area contributed by atoms with Crippen LogP contribution in [0.1, 0.15) is 44.8 Å². The number of hydrogen-bond acceptors (Lipinski definition) is 4. The third kappa shape index (κ3) is 4.72. The van der Waals surface area contributed by atoms with Crippen molar-refractivity contribution in [2.24, 2.45) is 0 Å². The van der Waals surface area contributed by atoms with Crippen molar-refractivity contribution in [2.75, 3.05) is 5.32 Å². The van der Waals surface area contributed by atoms with Crippen LogP contribution >= 0.6 is 11.6 Å². The molecule has 178 valence electrons. The number of para-hydroxylation sites is 1. The van der Waals surface area contributed by atoms with Gasteiger partial charge in [-0.2, -0.15) is 10.4 Å². The van der Waals surface area contributed by atoms with E-state index in [2.05, 4.69) is 21.8 Å². The van der Waals surface area contributed by atoms with Crippen molar-refractivity contribution >= 4 is 29.2 Å². The molecular weight excluding hydrogens is 474 g/mol. The lowest BCUT2D eigenvalue weighted by Crippen LogP contribution is -2.25. The average molecular weight is 496 g/mol. The second-order valence-corrected chi connectivity index (χ2v) is 9.08. The van der Waals surface area contributed by atoms with Crippen molar-refractivity contribution in [3.63, 3.8) is 0 Å². The first kappa shape index (κ1) is 23.3. The van der Waals surface area contributed by atoms with E-state index in [1.807, 2.05) is 49.4 Å². The van der Waals surface area contributed by atoms with Crippen LogP contribution in [-0.4, -0.2) is 27.6 Å². The summed E-state index contributed by atoms with van der Waals surface area (Å²) in [5, 5.41) is 20.1. The van der Waals surface area contributed by atoms with Crippen LogP contribution in [0.5, 0.6) is 0 Å². The van der Waals surface area contributed by atoms with E-state index < -0.39 is 5.91 Å². The minimum Gasteiger partial charge on any atom is -0.348 e. The molecule has 0 unspecified atom stereocenters. The van der Waals surface area contributed by atoms with Crippen molar-refractivity contribution in [2.45, 2.75) is 25.8 Å². The number of nitrogens with one attached hydrogen (secondary N) is 2. The van der Waals surface area contributed by atoms with E-state index in [0.29, 0.717) is 22.6 Å². The zero-order chi connectivity index (χ0) is 25.2. The second kappa shape index (κ2) is 9.68. The van der Waals surface area contributed by atoms with E-state index in [9.17, 15) is 14.9 Å². The smallest absolute Gasteiger partial charge is 0.272 e. The first-order valence-electron chi connectivity index (χ1n) is 11.5. The molecule has 0 atom stereocenters. The van der Waals surface area contributed by atoms with E-state index in [1.165, 1.54) is 4.68 Å². The molecule has 36 heavy (non-hydrogen) atoms. The average Bonchev–Trinajstić information content (AvgIpc) is 3.60. The van der Waals surface area contributed by atoms with Gasteiger partial charge in [-0.3, -0.25) is 9.59 Å². The van der Waals surface area contributed by atoms with Gasteiger partial charge < -0.3 is 10.6 Å². The first-order valence-corrected chi connectivity index (χ1v) is 11.9. The number of halogens is 1. The third-order valence-corrected chi connectivity index (χ3v) is 6.32. The molecule has 0 radical (unpaired) electrons. The number of carbonyl (C=O) groups is 2. The molecule has 8 heteroatoms. The number of amides is 2. The Balaban J connectivity index is 1.51. The Morgan fingerprint density at radius 2 is 1.81 bits per heavy atom. The van der Waals surface area contributed by atoms with Crippen LogP contribution in [-0.2, 0) is 0 Å². The molecule has 4 aromatic rings. The monoisotopic (exact) mass is 495 g/mol. The summed E-state index contributed by atoms with van der Waals surface area (Å²) in [6.07, 6.45) is 1.91. The molecule has 2 amide bonds. The van der Waals surface area contributed by atoms with Crippen molar-refractivity contribution in [1.29, 1.82) is 5.26 Å². The molecule has 0 aliphatic heterocycles. The molecule has 1 saturated carbocycles. The van der Waals surface area contributed by atoms with Crippen LogP contribution in [0.3, 0.4) is 0 Å². The van der Waals surface area contributed by atoms with E-state index in [0.717, 1.165) is 24.0 Å². The maximum atomic E-state index is 13.4. The SMILES string of the molecule is Cc1cccc(C#N)c1-c1ccc(Cl)c(C(=O)Nc2cc(C(=O)NC3CC3)nn2-c2ccccc2)c1. The van der Waals surface area contributed by atoms with Gasteiger partial charge in [0.25, 0.3) is 11.8 Å². The number of nitriles is 1. The van der Waals surface area contributed by atoms with Gasteiger partial charge in [0.15, 0.2) is 5.69 Å². The molecule has 1 aliphatic carbocycles. The molecule has 5 rings (SSSR count). The topological polar surface area (TPSA) is 99.8 Å². The standard InChI is InChI=1S/C28H22ClN5O2/c1-17-6-5-7-19(16-30)26(17)18-10-13-23(29)22(14-18)27(35)32-25-15-24(28(36)31-20-11-12-20)33-34(25)21-8-3-2-4-9-21/h2-10,13-15,20H,11-12H2,1H3,(H,31,36)(H,32,35). The maximum Gasteiger partial charge on any atom is 0.272 e. The highest BCUT2D eigenvalue weighted by atomic mass is 35.5. The van der Waals surface area contributed by atoms with Gasteiger partial charge in [0, 0.05) is 17.7 Å². The minimum atomic E-state index is -0.458. The number of rotatable bonds is 6. The first-order chi connectivity index (χ1) is 17.4. The normalized spacial score (nSPS) is 12.6. The number of anilines is 1. The van der Waals surface area contributed by atoms with Crippen LogP contribution in [0.2, 0.25) is 5.02 Å². The zero-order valence-electron chi connectivity index (χ0n) is 19.5. The lowest BCUT2D eigenvalue weighted by Gasteiger charge is -2.13. The molecule has 1 aliphatic rings. The predicted molar refractivity (Wildman–Crippen MR) is 138 cm³/mol. The van der Waals surface area contributed by atoms with E-state index in [1.54, 1.807) is 30.3 Å². The third-order valence-electron chi connectivity index (χ3n) is 5.99. The number of aryl methyl sites for hydroxylation is 1. The summed E-state index contributed by atoms with van der Waals surface area (Å²) in [5.41, 5.74) is 4.02.